The summed E-state index contributed by atoms with van der Waals surface area (Å²) in [6.07, 6.45) is 2.11. The Balaban J connectivity index is 1.88. The van der Waals surface area contributed by atoms with E-state index in [4.69, 9.17) is 5.26 Å². The fourth-order valence-electron chi connectivity index (χ4n) is 2.66. The molecule has 1 atom stereocenters. The molecule has 3 nitrogen and oxygen atoms in total. The SMILES string of the molecule is Cc1ccc(NC2CCc3c(Br)cccc32)nc1C#N. The number of aryl methyl sites for hydroxylation is 1. The molecule has 0 fully saturated rings. The number of pyridine rings is 1. The molecule has 1 unspecified atom stereocenters. The summed E-state index contributed by atoms with van der Waals surface area (Å²) in [7, 11) is 0. The number of nitrogens with zero attached hydrogens (tertiary/aromatic N) is 2. The van der Waals surface area contributed by atoms with Crippen LogP contribution in [-0.2, 0) is 6.42 Å². The number of nitriles is 1. The molecule has 3 rings (SSSR count). The van der Waals surface area contributed by atoms with Crippen LogP contribution >= 0.6 is 15.9 Å². The molecular weight excluding hydrogens is 314 g/mol. The molecule has 1 aliphatic rings. The van der Waals surface area contributed by atoms with E-state index in [1.54, 1.807) is 0 Å². The van der Waals surface area contributed by atoms with E-state index in [1.807, 2.05) is 19.1 Å². The van der Waals surface area contributed by atoms with E-state index in [2.05, 4.69) is 50.5 Å². The third-order valence-electron chi connectivity index (χ3n) is 3.74. The van der Waals surface area contributed by atoms with Gasteiger partial charge in [-0.3, -0.25) is 0 Å². The maximum atomic E-state index is 9.05. The normalized spacial score (nSPS) is 16.6. The molecule has 0 saturated carbocycles. The zero-order valence-corrected chi connectivity index (χ0v) is 12.7. The van der Waals surface area contributed by atoms with Gasteiger partial charge in [0.25, 0.3) is 0 Å². The first-order chi connectivity index (χ1) is 9.69. The van der Waals surface area contributed by atoms with Crippen molar-refractivity contribution < 1.29 is 0 Å². The van der Waals surface area contributed by atoms with Gasteiger partial charge in [-0.25, -0.2) is 4.98 Å². The van der Waals surface area contributed by atoms with Crippen molar-refractivity contribution in [2.45, 2.75) is 25.8 Å². The predicted molar refractivity (Wildman–Crippen MR) is 82.5 cm³/mol. The molecule has 0 saturated heterocycles. The van der Waals surface area contributed by atoms with Crippen LogP contribution in [0.3, 0.4) is 0 Å². The number of anilines is 1. The number of benzene rings is 1. The Morgan fingerprint density at radius 1 is 1.35 bits per heavy atom. The fraction of sp³-hybridized carbons (Fsp3) is 0.250. The number of fused-ring (bicyclic) bond motifs is 1. The number of hydrogen-bond donors (Lipinski definition) is 1. The average molecular weight is 328 g/mol. The van der Waals surface area contributed by atoms with Crippen molar-refractivity contribution in [1.29, 1.82) is 5.26 Å². The minimum Gasteiger partial charge on any atom is -0.363 e. The highest BCUT2D eigenvalue weighted by molar-refractivity contribution is 9.10. The Hall–Kier alpha value is -1.86. The van der Waals surface area contributed by atoms with Crippen molar-refractivity contribution >= 4 is 21.7 Å². The van der Waals surface area contributed by atoms with E-state index in [0.717, 1.165) is 24.2 Å². The predicted octanol–water partition coefficient (Wildman–Crippen LogP) is 4.12. The molecule has 1 aromatic carbocycles. The largest absolute Gasteiger partial charge is 0.363 e. The van der Waals surface area contributed by atoms with Gasteiger partial charge in [-0.2, -0.15) is 5.26 Å². The highest BCUT2D eigenvalue weighted by atomic mass is 79.9. The quantitative estimate of drug-likeness (QED) is 0.902. The molecule has 1 aromatic heterocycles. The smallest absolute Gasteiger partial charge is 0.145 e. The van der Waals surface area contributed by atoms with E-state index in [-0.39, 0.29) is 6.04 Å². The molecule has 4 heteroatoms. The van der Waals surface area contributed by atoms with E-state index in [9.17, 15) is 0 Å². The first kappa shape index (κ1) is 13.1. The summed E-state index contributed by atoms with van der Waals surface area (Å²) in [5.41, 5.74) is 4.09. The van der Waals surface area contributed by atoms with Gasteiger partial charge >= 0.3 is 0 Å². The van der Waals surface area contributed by atoms with E-state index >= 15 is 0 Å². The Morgan fingerprint density at radius 2 is 2.20 bits per heavy atom. The number of hydrogen-bond acceptors (Lipinski definition) is 3. The van der Waals surface area contributed by atoms with Crippen LogP contribution in [0.4, 0.5) is 5.82 Å². The lowest BCUT2D eigenvalue weighted by molar-refractivity contribution is 0.756. The maximum Gasteiger partial charge on any atom is 0.145 e. The van der Waals surface area contributed by atoms with E-state index in [1.165, 1.54) is 15.6 Å². The first-order valence-electron chi connectivity index (χ1n) is 6.60. The lowest BCUT2D eigenvalue weighted by Crippen LogP contribution is -2.09. The third-order valence-corrected chi connectivity index (χ3v) is 4.48. The summed E-state index contributed by atoms with van der Waals surface area (Å²) < 4.78 is 1.17. The lowest BCUT2D eigenvalue weighted by atomic mass is 10.1. The molecule has 2 aromatic rings. The Bertz CT molecular complexity index is 703. The van der Waals surface area contributed by atoms with Crippen LogP contribution in [0.15, 0.2) is 34.8 Å². The van der Waals surface area contributed by atoms with Gasteiger partial charge in [0.2, 0.25) is 0 Å². The van der Waals surface area contributed by atoms with Gasteiger partial charge in [-0.1, -0.05) is 34.1 Å². The molecule has 0 amide bonds. The Labute approximate surface area is 126 Å². The molecule has 0 spiro atoms. The van der Waals surface area contributed by atoms with E-state index < -0.39 is 0 Å². The van der Waals surface area contributed by atoms with Gasteiger partial charge in [-0.05, 0) is 48.6 Å². The van der Waals surface area contributed by atoms with Crippen LogP contribution in [-0.4, -0.2) is 4.98 Å². The van der Waals surface area contributed by atoms with Gasteiger partial charge in [-0.15, -0.1) is 0 Å². The molecular formula is C16H14BrN3. The standard InChI is InChI=1S/C16H14BrN3/c1-10-5-8-16(20-15(10)9-18)19-14-7-6-11-12(14)3-2-4-13(11)17/h2-5,8,14H,6-7H2,1H3,(H,19,20). The van der Waals surface area contributed by atoms with Crippen molar-refractivity contribution in [3.8, 4) is 6.07 Å². The minimum atomic E-state index is 0.268. The summed E-state index contributed by atoms with van der Waals surface area (Å²) in [4.78, 5) is 4.37. The summed E-state index contributed by atoms with van der Waals surface area (Å²) in [5, 5.41) is 12.5. The molecule has 0 aliphatic heterocycles. The number of halogens is 1. The van der Waals surface area contributed by atoms with Crippen molar-refractivity contribution in [3.05, 3.63) is 57.2 Å². The third kappa shape index (κ3) is 2.30. The second kappa shape index (κ2) is 5.26. The zero-order chi connectivity index (χ0) is 14.1. The monoisotopic (exact) mass is 327 g/mol. The zero-order valence-electron chi connectivity index (χ0n) is 11.2. The van der Waals surface area contributed by atoms with Gasteiger partial charge in [0.15, 0.2) is 0 Å². The fourth-order valence-corrected chi connectivity index (χ4v) is 3.24. The van der Waals surface area contributed by atoms with Gasteiger partial charge in [0.1, 0.15) is 17.6 Å². The van der Waals surface area contributed by atoms with E-state index in [0.29, 0.717) is 5.69 Å². The minimum absolute atomic E-state index is 0.268. The highest BCUT2D eigenvalue weighted by Crippen LogP contribution is 2.37. The lowest BCUT2D eigenvalue weighted by Gasteiger charge is -2.15. The van der Waals surface area contributed by atoms with Crippen molar-refractivity contribution in [2.75, 3.05) is 5.32 Å². The molecule has 1 N–H and O–H groups in total. The van der Waals surface area contributed by atoms with Crippen LogP contribution < -0.4 is 5.32 Å². The summed E-state index contributed by atoms with van der Waals surface area (Å²) >= 11 is 3.61. The summed E-state index contributed by atoms with van der Waals surface area (Å²) in [5.74, 6) is 0.768. The second-order valence-corrected chi connectivity index (χ2v) is 5.87. The maximum absolute atomic E-state index is 9.05. The van der Waals surface area contributed by atoms with Crippen molar-refractivity contribution in [1.82, 2.24) is 4.98 Å². The molecule has 0 radical (unpaired) electrons. The molecule has 1 aliphatic carbocycles. The molecule has 20 heavy (non-hydrogen) atoms. The first-order valence-corrected chi connectivity index (χ1v) is 7.40. The number of rotatable bonds is 2. The molecule has 0 bridgehead atoms. The highest BCUT2D eigenvalue weighted by Gasteiger charge is 2.24. The number of aromatic nitrogens is 1. The topological polar surface area (TPSA) is 48.7 Å². The molecule has 1 heterocycles. The Morgan fingerprint density at radius 3 is 3.00 bits per heavy atom. The Kier molecular flexibility index (Phi) is 3.45. The van der Waals surface area contributed by atoms with Crippen LogP contribution in [0.5, 0.6) is 0 Å². The van der Waals surface area contributed by atoms with Crippen LogP contribution in [0, 0.1) is 18.3 Å². The number of nitrogens with one attached hydrogen (secondary N) is 1. The van der Waals surface area contributed by atoms with Gasteiger partial charge in [0, 0.05) is 4.47 Å². The van der Waals surface area contributed by atoms with Gasteiger partial charge in [0.05, 0.1) is 6.04 Å². The summed E-state index contributed by atoms with van der Waals surface area (Å²) in [6.45, 7) is 1.90. The average Bonchev–Trinajstić information content (AvgIpc) is 2.86. The van der Waals surface area contributed by atoms with Gasteiger partial charge < -0.3 is 5.32 Å². The van der Waals surface area contributed by atoms with Crippen LogP contribution in [0.1, 0.15) is 34.8 Å². The van der Waals surface area contributed by atoms with Crippen LogP contribution in [0.25, 0.3) is 0 Å². The van der Waals surface area contributed by atoms with Crippen LogP contribution in [0.2, 0.25) is 0 Å². The second-order valence-electron chi connectivity index (χ2n) is 5.02. The summed E-state index contributed by atoms with van der Waals surface area (Å²) in [6, 6.07) is 12.6. The van der Waals surface area contributed by atoms with Crippen molar-refractivity contribution in [2.24, 2.45) is 0 Å². The van der Waals surface area contributed by atoms with Crippen molar-refractivity contribution in [3.63, 3.8) is 0 Å². The molecule has 100 valence electrons.